The zero-order valence-corrected chi connectivity index (χ0v) is 24.7. The lowest BCUT2D eigenvalue weighted by Gasteiger charge is -2.39. The van der Waals surface area contributed by atoms with Gasteiger partial charge in [0, 0.05) is 72.7 Å². The molecule has 0 radical (unpaired) electrons. The molecule has 42 heavy (non-hydrogen) atoms. The summed E-state index contributed by atoms with van der Waals surface area (Å²) >= 11 is 6.18. The van der Waals surface area contributed by atoms with Crippen LogP contribution in [0.5, 0.6) is 11.5 Å². The molecule has 6 rings (SSSR count). The van der Waals surface area contributed by atoms with E-state index in [1.54, 1.807) is 24.4 Å². The van der Waals surface area contributed by atoms with Crippen LogP contribution in [0.25, 0.3) is 16.5 Å². The van der Waals surface area contributed by atoms with Gasteiger partial charge in [0.1, 0.15) is 11.3 Å². The molecular weight excluding hydrogens is 553 g/mol. The molecule has 2 aliphatic rings. The summed E-state index contributed by atoms with van der Waals surface area (Å²) in [5.41, 5.74) is 5.99. The number of aromatic nitrogens is 1. The van der Waals surface area contributed by atoms with Crippen molar-refractivity contribution < 1.29 is 19.0 Å². The molecule has 3 aromatic carbocycles. The molecule has 1 saturated heterocycles. The lowest BCUT2D eigenvalue weighted by molar-refractivity contribution is 0.0694. The average molecular weight is 588 g/mol. The highest BCUT2D eigenvalue weighted by atomic mass is 35.5. The summed E-state index contributed by atoms with van der Waals surface area (Å²) in [4.78, 5) is 19.7. The summed E-state index contributed by atoms with van der Waals surface area (Å²) in [6.07, 6.45) is 5.05. The summed E-state index contributed by atoms with van der Waals surface area (Å²) in [5.74, 6) is -1.56. The summed E-state index contributed by atoms with van der Waals surface area (Å²) in [6, 6.07) is 18.0. The fraction of sp³-hybridized carbons (Fsp3) is 0.324. The van der Waals surface area contributed by atoms with Crippen molar-refractivity contribution in [2.45, 2.75) is 33.1 Å². The first-order chi connectivity index (χ1) is 20.1. The molecule has 0 bridgehead atoms. The average Bonchev–Trinajstić information content (AvgIpc) is 3.42. The number of carboxylic acid groups (broad SMARTS) is 1. The number of hydrogen-bond donors (Lipinski definition) is 2. The van der Waals surface area contributed by atoms with E-state index in [0.717, 1.165) is 61.7 Å². The summed E-state index contributed by atoms with van der Waals surface area (Å²) in [6.45, 7) is 9.00. The number of nitrogens with zero attached hydrogens (tertiary/aromatic N) is 2. The molecule has 1 aliphatic heterocycles. The van der Waals surface area contributed by atoms with E-state index in [-0.39, 0.29) is 22.5 Å². The zero-order chi connectivity index (χ0) is 29.4. The Bertz CT molecular complexity index is 1650. The number of carboxylic acids is 1. The Morgan fingerprint density at radius 3 is 2.52 bits per heavy atom. The van der Waals surface area contributed by atoms with Gasteiger partial charge in [0.2, 0.25) is 0 Å². The molecule has 1 aromatic heterocycles. The number of allylic oxidation sites excluding steroid dienone is 1. The number of halogens is 2. The minimum atomic E-state index is -1.12. The Kier molecular flexibility index (Phi) is 7.73. The normalized spacial score (nSPS) is 17.6. The predicted molar refractivity (Wildman–Crippen MR) is 166 cm³/mol. The van der Waals surface area contributed by atoms with Crippen LogP contribution in [-0.4, -0.2) is 53.7 Å². The summed E-state index contributed by atoms with van der Waals surface area (Å²) in [5, 5.41) is 11.3. The monoisotopic (exact) mass is 587 g/mol. The van der Waals surface area contributed by atoms with E-state index in [0.29, 0.717) is 5.52 Å². The topological polar surface area (TPSA) is 68.8 Å². The number of rotatable bonds is 7. The van der Waals surface area contributed by atoms with E-state index in [9.17, 15) is 14.3 Å². The third kappa shape index (κ3) is 6.03. The van der Waals surface area contributed by atoms with Gasteiger partial charge in [-0.3, -0.25) is 4.90 Å². The number of carbonyl (C=O) groups is 1. The highest BCUT2D eigenvalue weighted by Gasteiger charge is 2.29. The number of benzene rings is 3. The lowest BCUT2D eigenvalue weighted by atomic mass is 9.72. The van der Waals surface area contributed by atoms with Crippen LogP contribution in [0.4, 0.5) is 10.1 Å². The van der Waals surface area contributed by atoms with E-state index < -0.39 is 11.8 Å². The smallest absolute Gasteiger partial charge is 0.339 e. The second-order valence-corrected chi connectivity index (χ2v) is 12.6. The Hall–Kier alpha value is -3.81. The number of ether oxygens (including phenoxy) is 1. The van der Waals surface area contributed by atoms with Gasteiger partial charge in [-0.05, 0) is 72.2 Å². The molecule has 1 fully saturated rings. The van der Waals surface area contributed by atoms with Crippen LogP contribution in [0.1, 0.15) is 49.0 Å². The Labute approximate surface area is 250 Å². The van der Waals surface area contributed by atoms with Crippen LogP contribution in [0, 0.1) is 11.2 Å². The van der Waals surface area contributed by atoms with Gasteiger partial charge in [0.15, 0.2) is 11.6 Å². The number of fused-ring (bicyclic) bond motifs is 1. The van der Waals surface area contributed by atoms with E-state index in [2.05, 4.69) is 40.8 Å². The molecule has 6 nitrogen and oxygen atoms in total. The van der Waals surface area contributed by atoms with Crippen molar-refractivity contribution in [3.05, 3.63) is 94.4 Å². The molecule has 4 aromatic rings. The number of nitrogens with one attached hydrogen (secondary N) is 1. The van der Waals surface area contributed by atoms with Gasteiger partial charge >= 0.3 is 5.97 Å². The lowest BCUT2D eigenvalue weighted by Crippen LogP contribution is -2.47. The van der Waals surface area contributed by atoms with Crippen LogP contribution in [0.2, 0.25) is 5.02 Å². The molecule has 0 amide bonds. The van der Waals surface area contributed by atoms with Crippen molar-refractivity contribution in [2.75, 3.05) is 37.6 Å². The first-order valence-corrected chi connectivity index (χ1v) is 14.8. The maximum absolute atomic E-state index is 14.8. The van der Waals surface area contributed by atoms with Crippen molar-refractivity contribution in [1.29, 1.82) is 0 Å². The standard InChI is InChI=1S/C34H35ClFN3O3/c1-34(2)11-9-24(28(20-34)22-3-5-25(35)6-4-22)21-38-13-15-39(16-14-38)26-7-8-27(33(40)41)31(18-26)42-32-17-23-10-12-37-30(23)19-29(32)36/h3-8,10,12,17-19,37H,9,11,13-16,20-21H2,1-2H3,(H,40,41). The quantitative estimate of drug-likeness (QED) is 0.228. The van der Waals surface area contributed by atoms with Crippen molar-refractivity contribution in [1.82, 2.24) is 9.88 Å². The number of piperazine rings is 1. The second kappa shape index (κ2) is 11.5. The van der Waals surface area contributed by atoms with Crippen LogP contribution in [0.15, 0.2) is 72.4 Å². The van der Waals surface area contributed by atoms with Gasteiger partial charge < -0.3 is 19.7 Å². The third-order valence-corrected chi connectivity index (χ3v) is 8.80. The van der Waals surface area contributed by atoms with Crippen LogP contribution < -0.4 is 9.64 Å². The minimum Gasteiger partial charge on any atom is -0.478 e. The van der Waals surface area contributed by atoms with E-state index >= 15 is 0 Å². The Morgan fingerprint density at radius 1 is 1.02 bits per heavy atom. The Balaban J connectivity index is 1.18. The van der Waals surface area contributed by atoms with Crippen LogP contribution in [0.3, 0.4) is 0 Å². The van der Waals surface area contributed by atoms with Gasteiger partial charge in [0.25, 0.3) is 0 Å². The van der Waals surface area contributed by atoms with Gasteiger partial charge in [-0.2, -0.15) is 0 Å². The molecule has 2 heterocycles. The third-order valence-electron chi connectivity index (χ3n) is 8.55. The second-order valence-electron chi connectivity index (χ2n) is 12.1. The largest absolute Gasteiger partial charge is 0.478 e. The number of hydrogen-bond acceptors (Lipinski definition) is 4. The molecule has 1 aliphatic carbocycles. The molecule has 0 saturated carbocycles. The number of aromatic carboxylic acids is 1. The van der Waals surface area contributed by atoms with Crippen molar-refractivity contribution in [2.24, 2.45) is 5.41 Å². The van der Waals surface area contributed by atoms with Crippen LogP contribution in [-0.2, 0) is 0 Å². The minimum absolute atomic E-state index is 0.00663. The molecular formula is C34H35ClFN3O3. The van der Waals surface area contributed by atoms with Gasteiger partial charge in [-0.25, -0.2) is 9.18 Å². The van der Waals surface area contributed by atoms with Gasteiger partial charge in [-0.1, -0.05) is 43.2 Å². The Morgan fingerprint density at radius 2 is 1.79 bits per heavy atom. The molecule has 218 valence electrons. The van der Waals surface area contributed by atoms with Crippen molar-refractivity contribution in [3.8, 4) is 11.5 Å². The maximum Gasteiger partial charge on any atom is 0.339 e. The number of anilines is 1. The van der Waals surface area contributed by atoms with E-state index in [1.165, 1.54) is 29.2 Å². The van der Waals surface area contributed by atoms with Crippen molar-refractivity contribution in [3.63, 3.8) is 0 Å². The summed E-state index contributed by atoms with van der Waals surface area (Å²) in [7, 11) is 0. The fourth-order valence-corrected chi connectivity index (χ4v) is 6.24. The first kappa shape index (κ1) is 28.3. The maximum atomic E-state index is 14.8. The zero-order valence-electron chi connectivity index (χ0n) is 23.9. The van der Waals surface area contributed by atoms with E-state index in [4.69, 9.17) is 16.3 Å². The summed E-state index contributed by atoms with van der Waals surface area (Å²) < 4.78 is 20.7. The predicted octanol–water partition coefficient (Wildman–Crippen LogP) is 8.24. The number of aromatic amines is 1. The van der Waals surface area contributed by atoms with Gasteiger partial charge in [-0.15, -0.1) is 0 Å². The molecule has 8 heteroatoms. The van der Waals surface area contributed by atoms with E-state index in [1.807, 2.05) is 24.3 Å². The molecule has 0 spiro atoms. The molecule has 0 unspecified atom stereocenters. The highest BCUT2D eigenvalue weighted by molar-refractivity contribution is 6.30. The van der Waals surface area contributed by atoms with Gasteiger partial charge in [0.05, 0.1) is 0 Å². The first-order valence-electron chi connectivity index (χ1n) is 14.4. The fourth-order valence-electron chi connectivity index (χ4n) is 6.12. The van der Waals surface area contributed by atoms with Crippen LogP contribution >= 0.6 is 11.6 Å². The van der Waals surface area contributed by atoms with Crippen molar-refractivity contribution >= 4 is 39.7 Å². The molecule has 2 N–H and O–H groups in total. The molecule has 0 atom stereocenters. The number of H-pyrrole nitrogens is 1. The SMILES string of the molecule is CC1(C)CCC(CN2CCN(c3ccc(C(=O)O)c(Oc4cc5cc[nH]c5cc4F)c3)CC2)=C(c2ccc(Cl)cc2)C1. The highest BCUT2D eigenvalue weighted by Crippen LogP contribution is 2.43.